The zero-order valence-electron chi connectivity index (χ0n) is 12.6. The molecule has 5 nitrogen and oxygen atoms in total. The first-order valence-corrected chi connectivity index (χ1v) is 7.34. The van der Waals surface area contributed by atoms with Gasteiger partial charge in [-0.1, -0.05) is 12.1 Å². The molecule has 116 valence electrons. The van der Waals surface area contributed by atoms with Crippen molar-refractivity contribution < 1.29 is 19.4 Å². The highest BCUT2D eigenvalue weighted by molar-refractivity contribution is 5.89. The molecule has 5 heteroatoms. The Balaban J connectivity index is 1.91. The number of cyclic esters (lactones) is 1. The van der Waals surface area contributed by atoms with E-state index in [-0.39, 0.29) is 18.3 Å². The van der Waals surface area contributed by atoms with Crippen LogP contribution in [-0.4, -0.2) is 43.7 Å². The minimum absolute atomic E-state index is 0.201. The van der Waals surface area contributed by atoms with E-state index in [2.05, 4.69) is 0 Å². The monoisotopic (exact) mass is 293 g/mol. The van der Waals surface area contributed by atoms with Crippen molar-refractivity contribution in [3.63, 3.8) is 0 Å². The van der Waals surface area contributed by atoms with Gasteiger partial charge in [-0.2, -0.15) is 0 Å². The number of amides is 1. The summed E-state index contributed by atoms with van der Waals surface area (Å²) in [7, 11) is 1.60. The van der Waals surface area contributed by atoms with E-state index in [1.54, 1.807) is 18.9 Å². The smallest absolute Gasteiger partial charge is 0.414 e. The number of methoxy groups -OCH3 is 1. The zero-order chi connectivity index (χ0) is 15.2. The third-order valence-corrected chi connectivity index (χ3v) is 3.56. The van der Waals surface area contributed by atoms with Crippen LogP contribution in [0.4, 0.5) is 10.5 Å². The Kier molecular flexibility index (Phi) is 5.59. The van der Waals surface area contributed by atoms with Gasteiger partial charge in [0.25, 0.3) is 0 Å². The van der Waals surface area contributed by atoms with Crippen LogP contribution in [0.5, 0.6) is 0 Å². The van der Waals surface area contributed by atoms with Crippen LogP contribution in [0.3, 0.4) is 0 Å². The summed E-state index contributed by atoms with van der Waals surface area (Å²) in [5.41, 5.74) is 2.05. The van der Waals surface area contributed by atoms with Gasteiger partial charge >= 0.3 is 6.09 Å². The van der Waals surface area contributed by atoms with Crippen molar-refractivity contribution in [3.05, 3.63) is 29.8 Å². The summed E-state index contributed by atoms with van der Waals surface area (Å²) in [4.78, 5) is 13.4. The number of anilines is 1. The molecule has 1 saturated heterocycles. The van der Waals surface area contributed by atoms with Gasteiger partial charge in [0.2, 0.25) is 0 Å². The van der Waals surface area contributed by atoms with Crippen LogP contribution in [0.1, 0.15) is 25.3 Å². The molecule has 1 aromatic rings. The lowest BCUT2D eigenvalue weighted by atomic mass is 10.1. The molecule has 21 heavy (non-hydrogen) atoms. The molecule has 1 unspecified atom stereocenters. The normalized spacial score (nSPS) is 19.7. The largest absolute Gasteiger partial charge is 0.441 e. The molecule has 0 bridgehead atoms. The molecule has 1 fully saturated rings. The molecule has 0 aliphatic carbocycles. The van der Waals surface area contributed by atoms with E-state index in [1.807, 2.05) is 24.3 Å². The van der Waals surface area contributed by atoms with Gasteiger partial charge < -0.3 is 14.6 Å². The molecule has 1 aliphatic rings. The topological polar surface area (TPSA) is 59.0 Å². The highest BCUT2D eigenvalue weighted by atomic mass is 16.6. The summed E-state index contributed by atoms with van der Waals surface area (Å²) in [5, 5.41) is 9.25. The van der Waals surface area contributed by atoms with Crippen molar-refractivity contribution in [2.45, 2.75) is 38.4 Å². The average Bonchev–Trinajstić information content (AvgIpc) is 2.80. The fraction of sp³-hybridized carbons (Fsp3) is 0.562. The predicted molar refractivity (Wildman–Crippen MR) is 80.6 cm³/mol. The Hall–Kier alpha value is -1.59. The second-order valence-electron chi connectivity index (χ2n) is 5.48. The number of ether oxygens (including phenoxy) is 2. The molecule has 2 rings (SSSR count). The lowest BCUT2D eigenvalue weighted by Gasteiger charge is -2.13. The Morgan fingerprint density at radius 3 is 2.76 bits per heavy atom. The molecule has 1 aliphatic heterocycles. The third kappa shape index (κ3) is 4.44. The summed E-state index contributed by atoms with van der Waals surface area (Å²) in [5.74, 6) is 0. The molecule has 1 heterocycles. The first-order valence-electron chi connectivity index (χ1n) is 7.34. The van der Waals surface area contributed by atoms with Crippen molar-refractivity contribution in [1.29, 1.82) is 0 Å². The average molecular weight is 293 g/mol. The first kappa shape index (κ1) is 15.8. The summed E-state index contributed by atoms with van der Waals surface area (Å²) in [6, 6.07) is 7.92. The molecule has 1 amide bonds. The summed E-state index contributed by atoms with van der Waals surface area (Å²) in [6.07, 6.45) is 1.92. The number of nitrogens with zero attached hydrogens (tertiary/aromatic N) is 1. The van der Waals surface area contributed by atoms with E-state index < -0.39 is 0 Å². The summed E-state index contributed by atoms with van der Waals surface area (Å²) >= 11 is 0. The second-order valence-corrected chi connectivity index (χ2v) is 5.48. The van der Waals surface area contributed by atoms with Crippen molar-refractivity contribution in [2.75, 3.05) is 25.2 Å². The molecule has 0 radical (unpaired) electrons. The van der Waals surface area contributed by atoms with Gasteiger partial charge in [0.05, 0.1) is 19.3 Å². The third-order valence-electron chi connectivity index (χ3n) is 3.56. The molecular formula is C16H23NO4. The SMILES string of the molecule is COCC1CN(c2ccc(CCC[C@H](C)O)cc2)C(=O)O1. The van der Waals surface area contributed by atoms with Gasteiger partial charge in [0.1, 0.15) is 6.10 Å². The fourth-order valence-electron chi connectivity index (χ4n) is 2.45. The fourth-order valence-corrected chi connectivity index (χ4v) is 2.45. The van der Waals surface area contributed by atoms with Crippen LogP contribution < -0.4 is 4.90 Å². The maximum absolute atomic E-state index is 11.8. The van der Waals surface area contributed by atoms with Crippen LogP contribution in [0.2, 0.25) is 0 Å². The van der Waals surface area contributed by atoms with Crippen molar-refractivity contribution in [3.8, 4) is 0 Å². The van der Waals surface area contributed by atoms with E-state index in [9.17, 15) is 9.90 Å². The van der Waals surface area contributed by atoms with E-state index in [1.165, 1.54) is 5.56 Å². The van der Waals surface area contributed by atoms with Crippen LogP contribution in [0.25, 0.3) is 0 Å². The van der Waals surface area contributed by atoms with E-state index in [0.29, 0.717) is 13.2 Å². The number of rotatable bonds is 7. The maximum Gasteiger partial charge on any atom is 0.414 e. The Morgan fingerprint density at radius 2 is 2.14 bits per heavy atom. The van der Waals surface area contributed by atoms with Crippen LogP contribution in [0, 0.1) is 0 Å². The number of hydrogen-bond acceptors (Lipinski definition) is 4. The minimum Gasteiger partial charge on any atom is -0.441 e. The van der Waals surface area contributed by atoms with Crippen LogP contribution in [0.15, 0.2) is 24.3 Å². The van der Waals surface area contributed by atoms with Gasteiger partial charge in [-0.15, -0.1) is 0 Å². The number of carbonyl (C=O) groups is 1. The van der Waals surface area contributed by atoms with Crippen LogP contribution >= 0.6 is 0 Å². The summed E-state index contributed by atoms with van der Waals surface area (Å²) < 4.78 is 10.2. The van der Waals surface area contributed by atoms with Crippen molar-refractivity contribution >= 4 is 11.8 Å². The van der Waals surface area contributed by atoms with E-state index >= 15 is 0 Å². The van der Waals surface area contributed by atoms with Gasteiger partial charge in [-0.3, -0.25) is 4.90 Å². The molecule has 1 aromatic carbocycles. The Morgan fingerprint density at radius 1 is 1.43 bits per heavy atom. The van der Waals surface area contributed by atoms with Gasteiger partial charge in [-0.05, 0) is 43.9 Å². The molecule has 2 atom stereocenters. The number of carbonyl (C=O) groups excluding carboxylic acids is 1. The van der Waals surface area contributed by atoms with Gasteiger partial charge in [0, 0.05) is 12.8 Å². The number of benzene rings is 1. The standard InChI is InChI=1S/C16H23NO4/c1-12(18)4-3-5-13-6-8-14(9-7-13)17-10-15(11-20-2)21-16(17)19/h6-9,12,15,18H,3-5,10-11H2,1-2H3/t12-,15?/m0/s1. The van der Waals surface area contributed by atoms with E-state index in [0.717, 1.165) is 24.9 Å². The molecular weight excluding hydrogens is 270 g/mol. The lowest BCUT2D eigenvalue weighted by Crippen LogP contribution is -2.25. The zero-order valence-corrected chi connectivity index (χ0v) is 12.6. The molecule has 0 spiro atoms. The quantitative estimate of drug-likeness (QED) is 0.838. The first-order chi connectivity index (χ1) is 10.1. The Bertz CT molecular complexity index is 458. The number of aryl methyl sites for hydroxylation is 1. The number of hydrogen-bond donors (Lipinski definition) is 1. The van der Waals surface area contributed by atoms with Crippen molar-refractivity contribution in [2.24, 2.45) is 0 Å². The van der Waals surface area contributed by atoms with Gasteiger partial charge in [-0.25, -0.2) is 4.79 Å². The minimum atomic E-state index is -0.320. The predicted octanol–water partition coefficient (Wildman–Crippen LogP) is 2.36. The highest BCUT2D eigenvalue weighted by Gasteiger charge is 2.32. The second kappa shape index (κ2) is 7.43. The van der Waals surface area contributed by atoms with Crippen LogP contribution in [-0.2, 0) is 15.9 Å². The van der Waals surface area contributed by atoms with Gasteiger partial charge in [0.15, 0.2) is 0 Å². The number of aliphatic hydroxyl groups is 1. The van der Waals surface area contributed by atoms with E-state index in [4.69, 9.17) is 9.47 Å². The molecule has 0 saturated carbocycles. The molecule has 0 aromatic heterocycles. The Labute approximate surface area is 125 Å². The number of aliphatic hydroxyl groups excluding tert-OH is 1. The van der Waals surface area contributed by atoms with Crippen molar-refractivity contribution in [1.82, 2.24) is 0 Å². The summed E-state index contributed by atoms with van der Waals surface area (Å²) in [6.45, 7) is 2.74. The lowest BCUT2D eigenvalue weighted by molar-refractivity contribution is 0.0718. The highest BCUT2D eigenvalue weighted by Crippen LogP contribution is 2.22. The molecule has 1 N–H and O–H groups in total. The maximum atomic E-state index is 11.8.